The number of aliphatic imine (C=N–C) groups is 1. The molecule has 13 heavy (non-hydrogen) atoms. The van der Waals surface area contributed by atoms with Gasteiger partial charge in [-0.3, -0.25) is 0 Å². The Bertz CT molecular complexity index is 402. The fraction of sp³-hybridized carbons (Fsp3) is 0. The van der Waals surface area contributed by atoms with Crippen LogP contribution in [0.2, 0.25) is 0 Å². The standard InChI is InChI=1S/C8H6N2O3/c11-8(12)10(13)5-9-6-3-1-2-4-7(6)10/h1-5H,(H,11,12). The van der Waals surface area contributed by atoms with Crippen LogP contribution in [0.1, 0.15) is 0 Å². The number of hydrogen-bond donors (Lipinski definition) is 1. The maximum absolute atomic E-state index is 11.6. The van der Waals surface area contributed by atoms with Crippen LogP contribution in [0.5, 0.6) is 0 Å². The van der Waals surface area contributed by atoms with Crippen LogP contribution in [-0.4, -0.2) is 17.5 Å². The molecule has 1 aromatic carbocycles. The van der Waals surface area contributed by atoms with Gasteiger partial charge in [0.1, 0.15) is 5.69 Å². The second-order valence-corrected chi connectivity index (χ2v) is 2.67. The largest absolute Gasteiger partial charge is 0.611 e. The van der Waals surface area contributed by atoms with Crippen LogP contribution in [0.15, 0.2) is 29.3 Å². The Morgan fingerprint density at radius 2 is 2.15 bits per heavy atom. The summed E-state index contributed by atoms with van der Waals surface area (Å²) in [4.78, 5) is 14.4. The first-order chi connectivity index (χ1) is 6.14. The van der Waals surface area contributed by atoms with E-state index in [1.54, 1.807) is 18.2 Å². The van der Waals surface area contributed by atoms with Crippen LogP contribution in [0, 0.1) is 5.21 Å². The molecule has 0 radical (unpaired) electrons. The van der Waals surface area contributed by atoms with Crippen molar-refractivity contribution in [2.75, 3.05) is 0 Å². The molecule has 1 unspecified atom stereocenters. The number of para-hydroxylation sites is 2. The van der Waals surface area contributed by atoms with E-state index in [9.17, 15) is 10.0 Å². The molecule has 1 aliphatic rings. The van der Waals surface area contributed by atoms with Crippen molar-refractivity contribution in [2.24, 2.45) is 4.99 Å². The van der Waals surface area contributed by atoms with Gasteiger partial charge in [-0.2, -0.15) is 14.4 Å². The number of quaternary nitrogens is 1. The Balaban J connectivity index is 2.61. The predicted molar refractivity (Wildman–Crippen MR) is 47.8 cm³/mol. The monoisotopic (exact) mass is 178 g/mol. The highest BCUT2D eigenvalue weighted by Gasteiger charge is 2.35. The number of carboxylic acid groups (broad SMARTS) is 1. The van der Waals surface area contributed by atoms with E-state index in [0.717, 1.165) is 6.34 Å². The van der Waals surface area contributed by atoms with Gasteiger partial charge in [0.2, 0.25) is 6.34 Å². The minimum absolute atomic E-state index is 0.148. The number of carbonyl (C=O) groups is 1. The summed E-state index contributed by atoms with van der Waals surface area (Å²) in [5.74, 6) is 0. The van der Waals surface area contributed by atoms with E-state index in [-0.39, 0.29) is 5.69 Å². The van der Waals surface area contributed by atoms with Crippen molar-refractivity contribution in [1.29, 1.82) is 0 Å². The maximum atomic E-state index is 11.6. The van der Waals surface area contributed by atoms with Crippen LogP contribution in [0.4, 0.5) is 16.2 Å². The molecule has 66 valence electrons. The van der Waals surface area contributed by atoms with Crippen molar-refractivity contribution in [3.8, 4) is 0 Å². The van der Waals surface area contributed by atoms with Gasteiger partial charge >= 0.3 is 6.09 Å². The van der Waals surface area contributed by atoms with E-state index in [2.05, 4.69) is 4.99 Å². The molecule has 0 aliphatic carbocycles. The van der Waals surface area contributed by atoms with Crippen LogP contribution in [-0.2, 0) is 0 Å². The van der Waals surface area contributed by atoms with Crippen molar-refractivity contribution in [1.82, 2.24) is 4.65 Å². The molecule has 0 saturated heterocycles. The lowest BCUT2D eigenvalue weighted by atomic mass is 10.2. The average Bonchev–Trinajstić information content (AvgIpc) is 2.47. The number of hydroxylamine groups is 2. The third kappa shape index (κ3) is 0.947. The zero-order chi connectivity index (χ0) is 9.47. The third-order valence-electron chi connectivity index (χ3n) is 1.88. The molecule has 1 aliphatic heterocycles. The second-order valence-electron chi connectivity index (χ2n) is 2.67. The van der Waals surface area contributed by atoms with Gasteiger partial charge in [0.05, 0.1) is 0 Å². The summed E-state index contributed by atoms with van der Waals surface area (Å²) in [6, 6.07) is 6.38. The summed E-state index contributed by atoms with van der Waals surface area (Å²) in [6.45, 7) is 0. The van der Waals surface area contributed by atoms with Crippen LogP contribution in [0.3, 0.4) is 0 Å². The molecular formula is C8H6N2O3. The molecule has 1 aromatic rings. The molecule has 5 nitrogen and oxygen atoms in total. The third-order valence-corrected chi connectivity index (χ3v) is 1.88. The van der Waals surface area contributed by atoms with Gasteiger partial charge in [0.15, 0.2) is 5.69 Å². The lowest BCUT2D eigenvalue weighted by molar-refractivity contribution is 0.181. The van der Waals surface area contributed by atoms with Crippen molar-refractivity contribution in [2.45, 2.75) is 0 Å². The Morgan fingerprint density at radius 3 is 2.85 bits per heavy atom. The Morgan fingerprint density at radius 1 is 1.46 bits per heavy atom. The maximum Gasteiger partial charge on any atom is 0.525 e. The molecule has 0 bridgehead atoms. The van der Waals surface area contributed by atoms with E-state index in [1.807, 2.05) is 0 Å². The van der Waals surface area contributed by atoms with E-state index >= 15 is 0 Å². The minimum atomic E-state index is -1.52. The van der Waals surface area contributed by atoms with E-state index in [0.29, 0.717) is 5.69 Å². The molecule has 1 heterocycles. The predicted octanol–water partition coefficient (Wildman–Crippen LogP) is 1.84. The summed E-state index contributed by atoms with van der Waals surface area (Å²) in [6.07, 6.45) is -0.610. The van der Waals surface area contributed by atoms with E-state index < -0.39 is 10.7 Å². The topological polar surface area (TPSA) is 72.7 Å². The second kappa shape index (κ2) is 2.38. The number of amides is 1. The van der Waals surface area contributed by atoms with Crippen molar-refractivity contribution >= 4 is 23.8 Å². The molecule has 0 aromatic heterocycles. The Kier molecular flexibility index (Phi) is 1.45. The van der Waals surface area contributed by atoms with Gasteiger partial charge in [-0.05, 0) is 6.07 Å². The summed E-state index contributed by atoms with van der Waals surface area (Å²) >= 11 is 0. The molecule has 0 fully saturated rings. The fourth-order valence-corrected chi connectivity index (χ4v) is 1.21. The highest BCUT2D eigenvalue weighted by molar-refractivity contribution is 6.05. The van der Waals surface area contributed by atoms with Gasteiger partial charge in [0, 0.05) is 6.07 Å². The number of rotatable bonds is 0. The highest BCUT2D eigenvalue weighted by Crippen LogP contribution is 2.36. The van der Waals surface area contributed by atoms with Crippen molar-refractivity contribution in [3.63, 3.8) is 0 Å². The zero-order valence-corrected chi connectivity index (χ0v) is 6.54. The summed E-state index contributed by atoms with van der Waals surface area (Å²) in [7, 11) is 0. The molecule has 1 amide bonds. The van der Waals surface area contributed by atoms with Gasteiger partial charge in [-0.25, -0.2) is 0 Å². The van der Waals surface area contributed by atoms with Crippen LogP contribution >= 0.6 is 0 Å². The van der Waals surface area contributed by atoms with Crippen molar-refractivity contribution < 1.29 is 9.90 Å². The normalized spacial score (nSPS) is 24.4. The molecular weight excluding hydrogens is 172 g/mol. The summed E-state index contributed by atoms with van der Waals surface area (Å²) < 4.78 is -1.52. The number of hydrogen-bond acceptors (Lipinski definition) is 3. The van der Waals surface area contributed by atoms with Crippen LogP contribution < -0.4 is 4.65 Å². The first-order valence-corrected chi connectivity index (χ1v) is 3.62. The number of fused-ring (bicyclic) bond motifs is 1. The van der Waals surface area contributed by atoms with Crippen molar-refractivity contribution in [3.05, 3.63) is 29.5 Å². The van der Waals surface area contributed by atoms with Crippen LogP contribution in [0.25, 0.3) is 0 Å². The quantitative estimate of drug-likeness (QED) is 0.486. The summed E-state index contributed by atoms with van der Waals surface area (Å²) in [5, 5.41) is 20.3. The molecule has 0 saturated carbocycles. The average molecular weight is 178 g/mol. The molecule has 2 rings (SSSR count). The highest BCUT2D eigenvalue weighted by atomic mass is 16.6. The Hall–Kier alpha value is -1.72. The van der Waals surface area contributed by atoms with E-state index in [1.165, 1.54) is 6.07 Å². The SMILES string of the molecule is O=C(O)[N+]1([O-])C=Nc2ccccc21. The summed E-state index contributed by atoms with van der Waals surface area (Å²) in [5.41, 5.74) is 0.565. The van der Waals surface area contributed by atoms with Gasteiger partial charge in [-0.15, -0.1) is 0 Å². The smallest absolute Gasteiger partial charge is 0.525 e. The number of benzene rings is 1. The minimum Gasteiger partial charge on any atom is -0.611 e. The Labute approximate surface area is 73.7 Å². The zero-order valence-electron chi connectivity index (χ0n) is 6.54. The molecule has 0 spiro atoms. The molecule has 1 N–H and O–H groups in total. The molecule has 1 atom stereocenters. The lowest BCUT2D eigenvalue weighted by Crippen LogP contribution is -2.44. The van der Waals surface area contributed by atoms with E-state index in [4.69, 9.17) is 5.11 Å². The van der Waals surface area contributed by atoms with Gasteiger partial charge in [-0.1, -0.05) is 12.1 Å². The van der Waals surface area contributed by atoms with Gasteiger partial charge in [0.25, 0.3) is 0 Å². The lowest BCUT2D eigenvalue weighted by Gasteiger charge is -2.26. The molecule has 5 heteroatoms. The fourth-order valence-electron chi connectivity index (χ4n) is 1.21. The first-order valence-electron chi connectivity index (χ1n) is 3.62. The number of nitrogens with zero attached hydrogens (tertiary/aromatic N) is 2. The van der Waals surface area contributed by atoms with Gasteiger partial charge < -0.3 is 10.3 Å². The first kappa shape index (κ1) is 7.90.